The molecule has 118 valence electrons. The largest absolute Gasteiger partial charge is 0.351 e. The van der Waals surface area contributed by atoms with E-state index < -0.39 is 0 Å². The van der Waals surface area contributed by atoms with Crippen molar-refractivity contribution in [2.45, 2.75) is 26.4 Å². The van der Waals surface area contributed by atoms with Gasteiger partial charge in [0.15, 0.2) is 0 Å². The van der Waals surface area contributed by atoms with Gasteiger partial charge in [0.05, 0.1) is 11.7 Å². The molecule has 1 aromatic heterocycles. The maximum Gasteiger partial charge on any atom is 0.237 e. The van der Waals surface area contributed by atoms with Crippen molar-refractivity contribution in [2.24, 2.45) is 5.92 Å². The zero-order chi connectivity index (χ0) is 16.1. The van der Waals surface area contributed by atoms with Crippen molar-refractivity contribution in [1.29, 1.82) is 0 Å². The van der Waals surface area contributed by atoms with Crippen LogP contribution in [0.25, 0.3) is 5.69 Å². The number of hydrogen-bond donors (Lipinski definition) is 1. The molecule has 0 radical (unpaired) electrons. The second kappa shape index (κ2) is 7.22. The summed E-state index contributed by atoms with van der Waals surface area (Å²) in [7, 11) is 3.86. The second-order valence-corrected chi connectivity index (χ2v) is 5.95. The number of nitrogens with one attached hydrogen (secondary N) is 1. The van der Waals surface area contributed by atoms with Gasteiger partial charge in [-0.05, 0) is 37.7 Å². The van der Waals surface area contributed by atoms with Crippen LogP contribution in [0.4, 0.5) is 0 Å². The Morgan fingerprint density at radius 1 is 1.27 bits per heavy atom. The Balaban J connectivity index is 2.11. The Labute approximate surface area is 131 Å². The average Bonchev–Trinajstić information content (AvgIpc) is 2.98. The Morgan fingerprint density at radius 2 is 2.00 bits per heavy atom. The zero-order valence-corrected chi connectivity index (χ0v) is 13.7. The summed E-state index contributed by atoms with van der Waals surface area (Å²) in [6.07, 6.45) is 3.65. The summed E-state index contributed by atoms with van der Waals surface area (Å²) >= 11 is 0. The van der Waals surface area contributed by atoms with Gasteiger partial charge in [-0.25, -0.2) is 4.68 Å². The van der Waals surface area contributed by atoms with E-state index in [1.165, 1.54) is 0 Å². The van der Waals surface area contributed by atoms with E-state index in [0.717, 1.165) is 11.3 Å². The summed E-state index contributed by atoms with van der Waals surface area (Å²) in [6, 6.07) is 9.71. The number of para-hydroxylation sites is 1. The topological polar surface area (TPSA) is 50.2 Å². The lowest BCUT2D eigenvalue weighted by atomic mass is 10.0. The number of aromatic nitrogens is 2. The summed E-state index contributed by atoms with van der Waals surface area (Å²) in [4.78, 5) is 14.4. The summed E-state index contributed by atoms with van der Waals surface area (Å²) < 4.78 is 1.81. The van der Waals surface area contributed by atoms with Crippen LogP contribution >= 0.6 is 0 Å². The van der Waals surface area contributed by atoms with E-state index >= 15 is 0 Å². The molecule has 1 aromatic carbocycles. The normalized spacial score (nSPS) is 12.6. The Bertz CT molecular complexity index is 597. The van der Waals surface area contributed by atoms with Crippen molar-refractivity contribution in [3.63, 3.8) is 0 Å². The molecule has 0 aliphatic heterocycles. The highest BCUT2D eigenvalue weighted by atomic mass is 16.2. The minimum atomic E-state index is -0.128. The number of carbonyl (C=O) groups excluding carboxylic acids is 1. The van der Waals surface area contributed by atoms with Gasteiger partial charge < -0.3 is 5.32 Å². The van der Waals surface area contributed by atoms with Gasteiger partial charge in [-0.15, -0.1) is 0 Å². The van der Waals surface area contributed by atoms with Gasteiger partial charge in [0.25, 0.3) is 0 Å². The van der Waals surface area contributed by atoms with Crippen LogP contribution in [-0.4, -0.2) is 40.7 Å². The van der Waals surface area contributed by atoms with E-state index in [4.69, 9.17) is 0 Å². The maximum absolute atomic E-state index is 12.4. The fourth-order valence-corrected chi connectivity index (χ4v) is 2.72. The van der Waals surface area contributed by atoms with Crippen molar-refractivity contribution >= 4 is 5.91 Å². The fraction of sp³-hybridized carbons (Fsp3) is 0.412. The lowest BCUT2D eigenvalue weighted by Gasteiger charge is -2.26. The highest BCUT2D eigenvalue weighted by Gasteiger charge is 2.24. The highest BCUT2D eigenvalue weighted by molar-refractivity contribution is 5.82. The van der Waals surface area contributed by atoms with Crippen LogP contribution in [0.1, 0.15) is 19.4 Å². The molecule has 2 rings (SSSR count). The predicted molar refractivity (Wildman–Crippen MR) is 87.7 cm³/mol. The molecule has 0 fully saturated rings. The number of hydrogen-bond acceptors (Lipinski definition) is 3. The van der Waals surface area contributed by atoms with Gasteiger partial charge in [-0.2, -0.15) is 5.10 Å². The third kappa shape index (κ3) is 3.74. The van der Waals surface area contributed by atoms with Gasteiger partial charge in [-0.3, -0.25) is 9.69 Å². The van der Waals surface area contributed by atoms with Crippen molar-refractivity contribution in [3.05, 3.63) is 48.3 Å². The molecule has 0 saturated carbocycles. The molecule has 1 heterocycles. The zero-order valence-electron chi connectivity index (χ0n) is 13.7. The lowest BCUT2D eigenvalue weighted by molar-refractivity contribution is -0.127. The van der Waals surface area contributed by atoms with E-state index in [1.54, 1.807) is 6.20 Å². The van der Waals surface area contributed by atoms with Crippen LogP contribution in [0.2, 0.25) is 0 Å². The van der Waals surface area contributed by atoms with Gasteiger partial charge in [0, 0.05) is 18.9 Å². The molecular weight excluding hydrogens is 276 g/mol. The first-order chi connectivity index (χ1) is 10.5. The van der Waals surface area contributed by atoms with Crippen molar-refractivity contribution in [1.82, 2.24) is 20.0 Å². The molecule has 0 saturated heterocycles. The van der Waals surface area contributed by atoms with Gasteiger partial charge in [0.2, 0.25) is 5.91 Å². The SMILES string of the molecule is CC(C)[C@@H](C(=O)NCc1ccccc1-n1cccn1)N(C)C. The van der Waals surface area contributed by atoms with E-state index in [9.17, 15) is 4.79 Å². The molecule has 0 spiro atoms. The van der Waals surface area contributed by atoms with Crippen LogP contribution in [-0.2, 0) is 11.3 Å². The molecule has 1 atom stereocenters. The second-order valence-electron chi connectivity index (χ2n) is 5.95. The lowest BCUT2D eigenvalue weighted by Crippen LogP contribution is -2.46. The molecule has 0 bridgehead atoms. The molecule has 0 aliphatic carbocycles. The van der Waals surface area contributed by atoms with E-state index in [-0.39, 0.29) is 17.9 Å². The Morgan fingerprint density at radius 3 is 2.59 bits per heavy atom. The number of likely N-dealkylation sites (N-methyl/N-ethyl adjacent to an activating group) is 1. The summed E-state index contributed by atoms with van der Waals surface area (Å²) in [6.45, 7) is 4.61. The summed E-state index contributed by atoms with van der Waals surface area (Å²) in [5.74, 6) is 0.312. The first kappa shape index (κ1) is 16.2. The monoisotopic (exact) mass is 300 g/mol. The average molecular weight is 300 g/mol. The van der Waals surface area contributed by atoms with Crippen molar-refractivity contribution in [2.75, 3.05) is 14.1 Å². The first-order valence-electron chi connectivity index (χ1n) is 7.52. The Hall–Kier alpha value is -2.14. The molecule has 0 unspecified atom stereocenters. The van der Waals surface area contributed by atoms with E-state index in [2.05, 4.69) is 24.3 Å². The minimum absolute atomic E-state index is 0.0512. The quantitative estimate of drug-likeness (QED) is 0.888. The van der Waals surface area contributed by atoms with E-state index in [0.29, 0.717) is 6.54 Å². The maximum atomic E-state index is 12.4. The molecule has 5 nitrogen and oxygen atoms in total. The van der Waals surface area contributed by atoms with Crippen LogP contribution in [0, 0.1) is 5.92 Å². The molecule has 1 amide bonds. The summed E-state index contributed by atoms with van der Waals surface area (Å²) in [5.41, 5.74) is 2.03. The van der Waals surface area contributed by atoms with E-state index in [1.807, 2.05) is 60.2 Å². The smallest absolute Gasteiger partial charge is 0.237 e. The molecule has 0 aliphatic rings. The number of carbonyl (C=O) groups is 1. The number of amides is 1. The van der Waals surface area contributed by atoms with Crippen molar-refractivity contribution in [3.8, 4) is 5.69 Å². The first-order valence-corrected chi connectivity index (χ1v) is 7.52. The van der Waals surface area contributed by atoms with Gasteiger partial charge >= 0.3 is 0 Å². The number of rotatable bonds is 6. The molecule has 2 aromatic rings. The van der Waals surface area contributed by atoms with Gasteiger partial charge in [0.1, 0.15) is 0 Å². The number of nitrogens with zero attached hydrogens (tertiary/aromatic N) is 3. The molecule has 5 heteroatoms. The molecule has 22 heavy (non-hydrogen) atoms. The predicted octanol–water partition coefficient (Wildman–Crippen LogP) is 2.07. The minimum Gasteiger partial charge on any atom is -0.351 e. The van der Waals surface area contributed by atoms with Crippen LogP contribution in [0.3, 0.4) is 0 Å². The van der Waals surface area contributed by atoms with Crippen molar-refractivity contribution < 1.29 is 4.79 Å². The van der Waals surface area contributed by atoms with Gasteiger partial charge in [-0.1, -0.05) is 32.0 Å². The van der Waals surface area contributed by atoms with Crippen LogP contribution in [0.15, 0.2) is 42.7 Å². The third-order valence-electron chi connectivity index (χ3n) is 3.65. The fourth-order valence-electron chi connectivity index (χ4n) is 2.72. The third-order valence-corrected chi connectivity index (χ3v) is 3.65. The highest BCUT2D eigenvalue weighted by Crippen LogP contribution is 2.14. The van der Waals surface area contributed by atoms with Crippen LogP contribution < -0.4 is 5.32 Å². The summed E-state index contributed by atoms with van der Waals surface area (Å²) in [5, 5.41) is 7.30. The van der Waals surface area contributed by atoms with Crippen LogP contribution in [0.5, 0.6) is 0 Å². The molecular formula is C17H24N4O. The standard InChI is InChI=1S/C17H24N4O/c1-13(2)16(20(3)4)17(22)18-12-14-8-5-6-9-15(14)21-11-7-10-19-21/h5-11,13,16H,12H2,1-4H3,(H,18,22)/t16-/m0/s1. The Kier molecular flexibility index (Phi) is 5.33. The molecule has 1 N–H and O–H groups in total. The number of benzene rings is 1.